The Morgan fingerprint density at radius 3 is 2.48 bits per heavy atom. The highest BCUT2D eigenvalue weighted by Gasteiger charge is 2.33. The van der Waals surface area contributed by atoms with Crippen molar-refractivity contribution in [2.75, 3.05) is 11.6 Å². The number of nitrogens with one attached hydrogen (secondary N) is 2. The minimum absolute atomic E-state index is 0.185. The Labute approximate surface area is 175 Å². The van der Waals surface area contributed by atoms with E-state index in [1.54, 1.807) is 0 Å². The lowest BCUT2D eigenvalue weighted by Gasteiger charge is -2.16. The molecule has 0 fully saturated rings. The molecular weight excluding hydrogens is 445 g/mol. The number of carbonyl (C=O) groups excluding carboxylic acids is 1. The smallest absolute Gasteiger partial charge is 0.365 e. The molecule has 0 radical (unpaired) electrons. The number of aromatic nitrogens is 1. The summed E-state index contributed by atoms with van der Waals surface area (Å²) in [5, 5.41) is 5.70. The fourth-order valence-electron chi connectivity index (χ4n) is 2.39. The second kappa shape index (κ2) is 9.41. The minimum Gasteiger partial charge on any atom is -0.365 e. The summed E-state index contributed by atoms with van der Waals surface area (Å²) in [7, 11) is -3.44. The van der Waals surface area contributed by atoms with E-state index < -0.39 is 57.7 Å². The van der Waals surface area contributed by atoms with Gasteiger partial charge in [-0.1, -0.05) is 6.08 Å². The third-order valence-corrected chi connectivity index (χ3v) is 4.51. The van der Waals surface area contributed by atoms with Gasteiger partial charge < -0.3 is 10.6 Å². The molecule has 0 saturated heterocycles. The van der Waals surface area contributed by atoms with Crippen molar-refractivity contribution in [2.45, 2.75) is 25.7 Å². The first-order chi connectivity index (χ1) is 14.3. The molecule has 31 heavy (non-hydrogen) atoms. The number of carbonyl (C=O) groups is 1. The maximum atomic E-state index is 13.8. The molecule has 2 rings (SSSR count). The van der Waals surface area contributed by atoms with Crippen LogP contribution in [0.5, 0.6) is 0 Å². The molecule has 6 nitrogen and oxygen atoms in total. The second-order valence-electron chi connectivity index (χ2n) is 6.60. The van der Waals surface area contributed by atoms with Crippen LogP contribution < -0.4 is 10.6 Å². The highest BCUT2D eigenvalue weighted by Crippen LogP contribution is 2.29. The summed E-state index contributed by atoms with van der Waals surface area (Å²) in [5.41, 5.74) is -1.78. The Morgan fingerprint density at radius 2 is 1.87 bits per heavy atom. The zero-order valence-corrected chi connectivity index (χ0v) is 17.1. The Kier molecular flexibility index (Phi) is 7.37. The average Bonchev–Trinajstić information content (AvgIpc) is 2.65. The van der Waals surface area contributed by atoms with Crippen molar-refractivity contribution < 1.29 is 35.2 Å². The summed E-state index contributed by atoms with van der Waals surface area (Å²) >= 11 is 0. The number of sulfone groups is 1. The van der Waals surface area contributed by atoms with Gasteiger partial charge in [0.25, 0.3) is 5.91 Å². The quantitative estimate of drug-likeness (QED) is 0.612. The average molecular weight is 463 g/mol. The van der Waals surface area contributed by atoms with Crippen LogP contribution in [0, 0.1) is 11.6 Å². The summed E-state index contributed by atoms with van der Waals surface area (Å²) in [6.07, 6.45) is -2.67. The van der Waals surface area contributed by atoms with Crippen molar-refractivity contribution in [3.8, 4) is 0 Å². The molecule has 0 aliphatic carbocycles. The van der Waals surface area contributed by atoms with Crippen molar-refractivity contribution in [3.05, 3.63) is 70.3 Å². The predicted octanol–water partition coefficient (Wildman–Crippen LogP) is 3.67. The number of pyridine rings is 1. The monoisotopic (exact) mass is 463 g/mol. The third kappa shape index (κ3) is 7.31. The lowest BCUT2D eigenvalue weighted by atomic mass is 10.1. The molecule has 168 valence electrons. The first-order valence-corrected chi connectivity index (χ1v) is 10.7. The Balaban J connectivity index is 2.32. The lowest BCUT2D eigenvalue weighted by Crippen LogP contribution is -2.32. The van der Waals surface area contributed by atoms with Crippen molar-refractivity contribution in [1.82, 2.24) is 10.3 Å². The highest BCUT2D eigenvalue weighted by molar-refractivity contribution is 7.93. The van der Waals surface area contributed by atoms with Gasteiger partial charge in [-0.25, -0.2) is 22.2 Å². The standard InChI is InChI=1S/C19H18F5N3O3S/c1-11(7-8-31(2,29)30)26-18(28)14-4-6-16(19(22,23)24)27-17(14)25-10-12-9-13(20)3-5-15(12)21/h3-9,11H,10H2,1-2H3,(H,25,27)(H,26,28)/b8-7+/t11-/m0/s1. The van der Waals surface area contributed by atoms with E-state index in [0.717, 1.165) is 35.9 Å². The van der Waals surface area contributed by atoms with Gasteiger partial charge in [0, 0.05) is 29.8 Å². The van der Waals surface area contributed by atoms with Gasteiger partial charge in [0.1, 0.15) is 23.1 Å². The maximum Gasteiger partial charge on any atom is 0.433 e. The molecule has 1 aromatic heterocycles. The Hall–Kier alpha value is -3.02. The second-order valence-corrected chi connectivity index (χ2v) is 8.53. The molecule has 1 amide bonds. The molecule has 0 spiro atoms. The molecule has 0 saturated carbocycles. The first-order valence-electron chi connectivity index (χ1n) is 8.71. The Morgan fingerprint density at radius 1 is 1.19 bits per heavy atom. The zero-order chi connectivity index (χ0) is 23.4. The van der Waals surface area contributed by atoms with Crippen LogP contribution in [0.4, 0.5) is 27.8 Å². The number of benzene rings is 1. The molecule has 2 N–H and O–H groups in total. The molecule has 1 heterocycles. The van der Waals surface area contributed by atoms with Crippen molar-refractivity contribution >= 4 is 21.6 Å². The first kappa shape index (κ1) is 24.3. The number of nitrogens with zero attached hydrogens (tertiary/aromatic N) is 1. The molecule has 0 aliphatic heterocycles. The molecular formula is C19H18F5N3O3S. The van der Waals surface area contributed by atoms with Crippen molar-refractivity contribution in [1.29, 1.82) is 0 Å². The van der Waals surface area contributed by atoms with Crippen LogP contribution in [0.3, 0.4) is 0 Å². The van der Waals surface area contributed by atoms with Gasteiger partial charge in [-0.3, -0.25) is 4.79 Å². The SMILES string of the molecule is C[C@@H](/C=C/S(C)(=O)=O)NC(=O)c1ccc(C(F)(F)F)nc1NCc1cc(F)ccc1F. The van der Waals surface area contributed by atoms with E-state index in [-0.39, 0.29) is 11.1 Å². The van der Waals surface area contributed by atoms with Crippen LogP contribution in [0.1, 0.15) is 28.5 Å². The number of rotatable bonds is 7. The largest absolute Gasteiger partial charge is 0.433 e. The lowest BCUT2D eigenvalue weighted by molar-refractivity contribution is -0.141. The van der Waals surface area contributed by atoms with Crippen LogP contribution >= 0.6 is 0 Å². The van der Waals surface area contributed by atoms with E-state index in [1.807, 2.05) is 0 Å². The van der Waals surface area contributed by atoms with Crippen LogP contribution in [0.15, 0.2) is 41.8 Å². The number of hydrogen-bond acceptors (Lipinski definition) is 5. The fourth-order valence-corrected chi connectivity index (χ4v) is 2.91. The molecule has 1 atom stereocenters. The van der Waals surface area contributed by atoms with Crippen molar-refractivity contribution in [2.24, 2.45) is 0 Å². The Bertz CT molecular complexity index is 1100. The summed E-state index contributed by atoms with van der Waals surface area (Å²) in [6.45, 7) is 1.01. The normalized spacial score (nSPS) is 13.3. The van der Waals surface area contributed by atoms with Crippen molar-refractivity contribution in [3.63, 3.8) is 0 Å². The van der Waals surface area contributed by atoms with Gasteiger partial charge in [-0.2, -0.15) is 13.2 Å². The minimum atomic E-state index is -4.80. The van der Waals surface area contributed by atoms with E-state index in [0.29, 0.717) is 6.07 Å². The summed E-state index contributed by atoms with van der Waals surface area (Å²) in [4.78, 5) is 15.9. The number of halogens is 5. The zero-order valence-electron chi connectivity index (χ0n) is 16.3. The number of hydrogen-bond donors (Lipinski definition) is 2. The fraction of sp³-hybridized carbons (Fsp3) is 0.263. The van der Waals surface area contributed by atoms with E-state index in [9.17, 15) is 35.2 Å². The van der Waals surface area contributed by atoms with Crippen LogP contribution in [-0.4, -0.2) is 31.6 Å². The van der Waals surface area contributed by atoms with Gasteiger partial charge in [-0.05, 0) is 37.3 Å². The van der Waals surface area contributed by atoms with E-state index in [4.69, 9.17) is 0 Å². The summed E-state index contributed by atoms with van der Waals surface area (Å²) < 4.78 is 88.6. The van der Waals surface area contributed by atoms with Crippen LogP contribution in [0.2, 0.25) is 0 Å². The van der Waals surface area contributed by atoms with Crippen LogP contribution in [0.25, 0.3) is 0 Å². The van der Waals surface area contributed by atoms with Crippen LogP contribution in [-0.2, 0) is 22.6 Å². The van der Waals surface area contributed by atoms with Gasteiger partial charge in [0.2, 0.25) is 0 Å². The maximum absolute atomic E-state index is 13.8. The van der Waals surface area contributed by atoms with Gasteiger partial charge in [0.15, 0.2) is 9.84 Å². The molecule has 1 aromatic carbocycles. The molecule has 12 heteroatoms. The molecule has 2 aromatic rings. The van der Waals surface area contributed by atoms with E-state index in [2.05, 4.69) is 15.6 Å². The third-order valence-electron chi connectivity index (χ3n) is 3.86. The summed E-state index contributed by atoms with van der Waals surface area (Å²) in [5.74, 6) is -2.91. The predicted molar refractivity (Wildman–Crippen MR) is 104 cm³/mol. The topological polar surface area (TPSA) is 88.2 Å². The number of amides is 1. The van der Waals surface area contributed by atoms with E-state index >= 15 is 0 Å². The molecule has 0 aliphatic rings. The number of anilines is 1. The number of alkyl halides is 3. The van der Waals surface area contributed by atoms with Gasteiger partial charge in [-0.15, -0.1) is 0 Å². The molecule has 0 bridgehead atoms. The molecule has 0 unspecified atom stereocenters. The highest BCUT2D eigenvalue weighted by atomic mass is 32.2. The van der Waals surface area contributed by atoms with E-state index in [1.165, 1.54) is 13.0 Å². The van der Waals surface area contributed by atoms with Gasteiger partial charge >= 0.3 is 6.18 Å². The van der Waals surface area contributed by atoms with Gasteiger partial charge in [0.05, 0.1) is 5.56 Å². The summed E-state index contributed by atoms with van der Waals surface area (Å²) in [6, 6.07) is 3.29.